The lowest BCUT2D eigenvalue weighted by molar-refractivity contribution is -0.124. The van der Waals surface area contributed by atoms with Crippen molar-refractivity contribution in [2.45, 2.75) is 26.8 Å². The second-order valence-electron chi connectivity index (χ2n) is 5.61. The molecule has 1 rings (SSSR count). The van der Waals surface area contributed by atoms with Crippen molar-refractivity contribution in [1.29, 1.82) is 0 Å². The lowest BCUT2D eigenvalue weighted by Crippen LogP contribution is -2.38. The number of sulfonamides is 1. The van der Waals surface area contributed by atoms with Crippen LogP contribution in [0.2, 0.25) is 0 Å². The number of hydrogen-bond donors (Lipinski definition) is 1. The highest BCUT2D eigenvalue weighted by molar-refractivity contribution is 7.92. The molecule has 0 radical (unpaired) electrons. The Morgan fingerprint density at radius 1 is 1.23 bits per heavy atom. The Morgan fingerprint density at radius 2 is 1.77 bits per heavy atom. The molecule has 1 aromatic rings. The Morgan fingerprint density at radius 3 is 2.23 bits per heavy atom. The number of nitrogens with zero attached hydrogens (tertiary/aromatic N) is 1. The van der Waals surface area contributed by atoms with E-state index in [1.807, 2.05) is 20.8 Å². The maximum absolute atomic E-state index is 11.7. The number of rotatable bonds is 7. The van der Waals surface area contributed by atoms with Gasteiger partial charge in [-0.3, -0.25) is 9.10 Å². The van der Waals surface area contributed by atoms with Crippen LogP contribution in [0.1, 0.15) is 20.8 Å². The standard InChI is InChI=1S/C15H24N2O4S/c1-11(2)12(3)16-15(18)10-21-14-8-6-13(7-9-14)17(4)22(5,19)20/h6-9,11-12H,10H2,1-5H3,(H,16,18)/t12-/m1/s1. The molecule has 1 N–H and O–H groups in total. The fourth-order valence-electron chi connectivity index (χ4n) is 1.55. The Balaban J connectivity index is 2.57. The summed E-state index contributed by atoms with van der Waals surface area (Å²) in [5.41, 5.74) is 0.535. The summed E-state index contributed by atoms with van der Waals surface area (Å²) in [6.45, 7) is 5.93. The molecule has 0 bridgehead atoms. The average Bonchev–Trinajstić information content (AvgIpc) is 2.43. The van der Waals surface area contributed by atoms with Crippen LogP contribution in [0.3, 0.4) is 0 Å². The van der Waals surface area contributed by atoms with Gasteiger partial charge in [0.1, 0.15) is 5.75 Å². The third-order valence-corrected chi connectivity index (χ3v) is 4.66. The Bertz CT molecular complexity index is 596. The number of carbonyl (C=O) groups excluding carboxylic acids is 1. The van der Waals surface area contributed by atoms with Gasteiger partial charge in [0, 0.05) is 13.1 Å². The summed E-state index contributed by atoms with van der Waals surface area (Å²) < 4.78 is 29.4. The van der Waals surface area contributed by atoms with Gasteiger partial charge in [0.25, 0.3) is 5.91 Å². The number of carbonyl (C=O) groups is 1. The summed E-state index contributed by atoms with van der Waals surface area (Å²) in [5, 5.41) is 2.85. The van der Waals surface area contributed by atoms with E-state index in [0.717, 1.165) is 6.26 Å². The van der Waals surface area contributed by atoms with Crippen LogP contribution in [0.15, 0.2) is 24.3 Å². The maximum Gasteiger partial charge on any atom is 0.258 e. The van der Waals surface area contributed by atoms with E-state index in [1.165, 1.54) is 11.4 Å². The van der Waals surface area contributed by atoms with Gasteiger partial charge in [-0.1, -0.05) is 13.8 Å². The molecule has 0 aliphatic heterocycles. The molecule has 22 heavy (non-hydrogen) atoms. The largest absolute Gasteiger partial charge is 0.484 e. The van der Waals surface area contributed by atoms with Crippen LogP contribution in [-0.4, -0.2) is 40.3 Å². The van der Waals surface area contributed by atoms with Gasteiger partial charge in [-0.15, -0.1) is 0 Å². The van der Waals surface area contributed by atoms with Crippen LogP contribution in [0.25, 0.3) is 0 Å². The minimum absolute atomic E-state index is 0.0711. The highest BCUT2D eigenvalue weighted by Crippen LogP contribution is 2.20. The molecule has 0 saturated carbocycles. The first-order valence-electron chi connectivity index (χ1n) is 7.07. The number of amides is 1. The average molecular weight is 328 g/mol. The van der Waals surface area contributed by atoms with Crippen molar-refractivity contribution in [3.8, 4) is 5.75 Å². The lowest BCUT2D eigenvalue weighted by atomic mass is 10.1. The molecule has 0 aromatic heterocycles. The first-order valence-corrected chi connectivity index (χ1v) is 8.92. The van der Waals surface area contributed by atoms with Gasteiger partial charge >= 0.3 is 0 Å². The third kappa shape index (κ3) is 5.55. The monoisotopic (exact) mass is 328 g/mol. The topological polar surface area (TPSA) is 75.7 Å². The van der Waals surface area contributed by atoms with E-state index in [1.54, 1.807) is 24.3 Å². The molecule has 0 fully saturated rings. The van der Waals surface area contributed by atoms with Crippen LogP contribution in [0, 0.1) is 5.92 Å². The van der Waals surface area contributed by atoms with Gasteiger partial charge in [0.15, 0.2) is 6.61 Å². The van der Waals surface area contributed by atoms with E-state index in [4.69, 9.17) is 4.74 Å². The van der Waals surface area contributed by atoms with Gasteiger partial charge in [-0.05, 0) is 37.1 Å². The van der Waals surface area contributed by atoms with Gasteiger partial charge in [0.2, 0.25) is 10.0 Å². The van der Waals surface area contributed by atoms with Gasteiger partial charge in [-0.25, -0.2) is 8.42 Å². The van der Waals surface area contributed by atoms with Crippen molar-refractivity contribution < 1.29 is 17.9 Å². The van der Waals surface area contributed by atoms with Crippen LogP contribution < -0.4 is 14.4 Å². The van der Waals surface area contributed by atoms with E-state index in [-0.39, 0.29) is 18.6 Å². The summed E-state index contributed by atoms with van der Waals surface area (Å²) in [6.07, 6.45) is 1.14. The fourth-order valence-corrected chi connectivity index (χ4v) is 2.06. The number of nitrogens with one attached hydrogen (secondary N) is 1. The minimum atomic E-state index is -3.29. The molecule has 0 aliphatic carbocycles. The normalized spacial score (nSPS) is 12.8. The Kier molecular flexibility index (Phi) is 6.22. The quantitative estimate of drug-likeness (QED) is 0.825. The molecule has 0 saturated heterocycles. The van der Waals surface area contributed by atoms with Gasteiger partial charge in [-0.2, -0.15) is 0 Å². The molecule has 7 heteroatoms. The molecule has 0 heterocycles. The number of hydrogen-bond acceptors (Lipinski definition) is 4. The number of ether oxygens (including phenoxy) is 1. The van der Waals surface area contributed by atoms with Crippen LogP contribution in [0.4, 0.5) is 5.69 Å². The van der Waals surface area contributed by atoms with Crippen LogP contribution in [0.5, 0.6) is 5.75 Å². The minimum Gasteiger partial charge on any atom is -0.484 e. The summed E-state index contributed by atoms with van der Waals surface area (Å²) in [7, 11) is -1.81. The third-order valence-electron chi connectivity index (χ3n) is 3.46. The number of anilines is 1. The maximum atomic E-state index is 11.7. The molecule has 1 atom stereocenters. The zero-order valence-corrected chi connectivity index (χ0v) is 14.5. The summed E-state index contributed by atoms with van der Waals surface area (Å²) in [4.78, 5) is 11.7. The molecular formula is C15H24N2O4S. The fraction of sp³-hybridized carbons (Fsp3) is 0.533. The number of benzene rings is 1. The highest BCUT2D eigenvalue weighted by atomic mass is 32.2. The zero-order valence-electron chi connectivity index (χ0n) is 13.7. The van der Waals surface area contributed by atoms with Gasteiger partial charge < -0.3 is 10.1 Å². The predicted octanol–water partition coefficient (Wildman–Crippen LogP) is 1.62. The molecule has 6 nitrogen and oxygen atoms in total. The Hall–Kier alpha value is -1.76. The Labute approximate surface area is 132 Å². The van der Waals surface area contributed by atoms with E-state index in [2.05, 4.69) is 5.32 Å². The molecule has 1 amide bonds. The van der Waals surface area contributed by atoms with E-state index >= 15 is 0 Å². The van der Waals surface area contributed by atoms with Crippen molar-refractivity contribution in [2.24, 2.45) is 5.92 Å². The molecule has 0 aliphatic rings. The smallest absolute Gasteiger partial charge is 0.258 e. The van der Waals surface area contributed by atoms with E-state index < -0.39 is 10.0 Å². The molecular weight excluding hydrogens is 304 g/mol. The molecule has 0 spiro atoms. The van der Waals surface area contributed by atoms with Crippen molar-refractivity contribution in [2.75, 3.05) is 24.2 Å². The first-order chi connectivity index (χ1) is 10.1. The van der Waals surface area contributed by atoms with Crippen molar-refractivity contribution in [1.82, 2.24) is 5.32 Å². The van der Waals surface area contributed by atoms with Gasteiger partial charge in [0.05, 0.1) is 11.9 Å². The predicted molar refractivity (Wildman–Crippen MR) is 87.6 cm³/mol. The lowest BCUT2D eigenvalue weighted by Gasteiger charge is -2.18. The summed E-state index contributed by atoms with van der Waals surface area (Å²) in [6, 6.07) is 6.62. The van der Waals surface area contributed by atoms with Crippen molar-refractivity contribution >= 4 is 21.6 Å². The summed E-state index contributed by atoms with van der Waals surface area (Å²) >= 11 is 0. The van der Waals surface area contributed by atoms with Crippen LogP contribution in [-0.2, 0) is 14.8 Å². The second-order valence-corrected chi connectivity index (χ2v) is 7.63. The first kappa shape index (κ1) is 18.3. The summed E-state index contributed by atoms with van der Waals surface area (Å²) in [5.74, 6) is 0.686. The SMILES string of the molecule is CC(C)[C@@H](C)NC(=O)COc1ccc(N(C)S(C)(=O)=O)cc1. The zero-order chi connectivity index (χ0) is 16.9. The molecule has 0 unspecified atom stereocenters. The molecule has 1 aromatic carbocycles. The van der Waals surface area contributed by atoms with E-state index in [9.17, 15) is 13.2 Å². The highest BCUT2D eigenvalue weighted by Gasteiger charge is 2.13. The van der Waals surface area contributed by atoms with Crippen molar-refractivity contribution in [3.05, 3.63) is 24.3 Å². The van der Waals surface area contributed by atoms with E-state index in [0.29, 0.717) is 17.4 Å². The van der Waals surface area contributed by atoms with Crippen molar-refractivity contribution in [3.63, 3.8) is 0 Å². The second kappa shape index (κ2) is 7.49. The molecule has 124 valence electrons. The van der Waals surface area contributed by atoms with Crippen LogP contribution >= 0.6 is 0 Å².